The molecule has 0 radical (unpaired) electrons. The van der Waals surface area contributed by atoms with Crippen LogP contribution in [0.2, 0.25) is 0 Å². The maximum Gasteiger partial charge on any atom is 0.346 e. The van der Waals surface area contributed by atoms with Crippen molar-refractivity contribution in [3.8, 4) is 0 Å². The van der Waals surface area contributed by atoms with Crippen LogP contribution in [0.25, 0.3) is 0 Å². The lowest BCUT2D eigenvalue weighted by Crippen LogP contribution is -2.50. The number of rotatable bonds is 4. The minimum atomic E-state index is -0.732. The van der Waals surface area contributed by atoms with Gasteiger partial charge in [-0.15, -0.1) is 0 Å². The van der Waals surface area contributed by atoms with Crippen LogP contribution in [0.5, 0.6) is 0 Å². The lowest BCUT2D eigenvalue weighted by molar-refractivity contribution is -0.136. The number of nitrogens with zero attached hydrogens (tertiary/aromatic N) is 2. The summed E-state index contributed by atoms with van der Waals surface area (Å²) in [6.07, 6.45) is 0. The number of nitrogens with one attached hydrogen (secondary N) is 2. The second kappa shape index (κ2) is 6.42. The summed E-state index contributed by atoms with van der Waals surface area (Å²) in [6, 6.07) is 3.46. The first kappa shape index (κ1) is 16.4. The molecule has 9 heteroatoms. The smallest absolute Gasteiger partial charge is 0.343 e. The van der Waals surface area contributed by atoms with Gasteiger partial charge in [-0.2, -0.15) is 5.01 Å². The monoisotopic (exact) mass is 322 g/mol. The molecule has 1 atom stereocenters. The highest BCUT2D eigenvalue weighted by Gasteiger charge is 2.41. The molecule has 0 aromatic heterocycles. The van der Waals surface area contributed by atoms with Crippen LogP contribution in [-0.4, -0.2) is 53.3 Å². The Balaban J connectivity index is 1.88. The molecule has 23 heavy (non-hydrogen) atoms. The van der Waals surface area contributed by atoms with Crippen LogP contribution in [0, 0.1) is 5.82 Å². The maximum absolute atomic E-state index is 12.8. The molecule has 0 bridgehead atoms. The molecule has 0 spiro atoms. The van der Waals surface area contributed by atoms with Crippen molar-refractivity contribution in [1.82, 2.24) is 20.7 Å². The predicted molar refractivity (Wildman–Crippen MR) is 76.3 cm³/mol. The molecule has 5 amide bonds. The molecule has 1 fully saturated rings. The molecule has 0 aliphatic carbocycles. The first-order valence-corrected chi connectivity index (χ1v) is 6.75. The van der Waals surface area contributed by atoms with E-state index in [0.717, 1.165) is 12.1 Å². The van der Waals surface area contributed by atoms with Gasteiger partial charge in [0.05, 0.1) is 6.54 Å². The number of hydrogen-bond donors (Lipinski definition) is 2. The van der Waals surface area contributed by atoms with Crippen LogP contribution in [0.3, 0.4) is 0 Å². The largest absolute Gasteiger partial charge is 0.346 e. The number of imide groups is 1. The molecule has 122 valence electrons. The molecular formula is C14H15FN4O4. The Hall–Kier alpha value is -2.97. The molecule has 1 aromatic rings. The van der Waals surface area contributed by atoms with Crippen molar-refractivity contribution in [3.05, 3.63) is 35.6 Å². The van der Waals surface area contributed by atoms with E-state index in [0.29, 0.717) is 5.01 Å². The lowest BCUT2D eigenvalue weighted by Gasteiger charge is -2.15. The summed E-state index contributed by atoms with van der Waals surface area (Å²) in [5, 5.41) is 2.92. The first-order chi connectivity index (χ1) is 10.8. The number of urea groups is 1. The van der Waals surface area contributed by atoms with E-state index >= 15 is 0 Å². The van der Waals surface area contributed by atoms with E-state index in [1.165, 1.54) is 31.0 Å². The second-order valence-corrected chi connectivity index (χ2v) is 4.97. The van der Waals surface area contributed by atoms with Gasteiger partial charge in [-0.3, -0.25) is 19.8 Å². The fourth-order valence-corrected chi connectivity index (χ4v) is 1.90. The Kier molecular flexibility index (Phi) is 4.58. The lowest BCUT2D eigenvalue weighted by atomic mass is 10.2. The van der Waals surface area contributed by atoms with E-state index < -0.39 is 42.2 Å². The highest BCUT2D eigenvalue weighted by molar-refractivity contribution is 6.05. The quantitative estimate of drug-likeness (QED) is 0.754. The van der Waals surface area contributed by atoms with E-state index in [1.807, 2.05) is 0 Å². The Bertz CT molecular complexity index is 641. The predicted octanol–water partition coefficient (Wildman–Crippen LogP) is -0.131. The number of benzene rings is 1. The highest BCUT2D eigenvalue weighted by Crippen LogP contribution is 2.12. The van der Waals surface area contributed by atoms with Gasteiger partial charge in [-0.1, -0.05) is 0 Å². The van der Waals surface area contributed by atoms with E-state index in [9.17, 15) is 23.6 Å². The van der Waals surface area contributed by atoms with Gasteiger partial charge >= 0.3 is 6.03 Å². The van der Waals surface area contributed by atoms with Gasteiger partial charge < -0.3 is 10.2 Å². The van der Waals surface area contributed by atoms with Crippen molar-refractivity contribution in [2.45, 2.75) is 13.0 Å². The fourth-order valence-electron chi connectivity index (χ4n) is 1.90. The molecular weight excluding hydrogens is 307 g/mol. The van der Waals surface area contributed by atoms with Crippen molar-refractivity contribution in [1.29, 1.82) is 0 Å². The average Bonchev–Trinajstić information content (AvgIpc) is 2.71. The average molecular weight is 322 g/mol. The summed E-state index contributed by atoms with van der Waals surface area (Å²) in [5.41, 5.74) is 2.32. The molecule has 1 aliphatic rings. The number of halogens is 1. The van der Waals surface area contributed by atoms with Crippen molar-refractivity contribution in [3.63, 3.8) is 0 Å². The normalized spacial score (nSPS) is 17.4. The van der Waals surface area contributed by atoms with Gasteiger partial charge in [0.15, 0.2) is 0 Å². The molecule has 1 unspecified atom stereocenters. The number of carbonyl (C=O) groups is 4. The Morgan fingerprint density at radius 3 is 2.35 bits per heavy atom. The van der Waals surface area contributed by atoms with Crippen LogP contribution < -0.4 is 10.7 Å². The zero-order valence-electron chi connectivity index (χ0n) is 12.5. The topological polar surface area (TPSA) is 98.8 Å². The highest BCUT2D eigenvalue weighted by atomic mass is 19.1. The van der Waals surface area contributed by atoms with Crippen LogP contribution in [-0.2, 0) is 9.59 Å². The fraction of sp³-hybridized carbons (Fsp3) is 0.286. The number of likely N-dealkylation sites (N-methyl/N-ethyl adjacent to an activating group) is 1. The van der Waals surface area contributed by atoms with Crippen LogP contribution in [0.1, 0.15) is 17.3 Å². The van der Waals surface area contributed by atoms with Gasteiger partial charge in [-0.25, -0.2) is 9.18 Å². The van der Waals surface area contributed by atoms with E-state index in [1.54, 1.807) is 0 Å². The van der Waals surface area contributed by atoms with Crippen molar-refractivity contribution >= 4 is 23.8 Å². The molecule has 0 saturated carbocycles. The minimum absolute atomic E-state index is 0.181. The van der Waals surface area contributed by atoms with Crippen LogP contribution in [0.15, 0.2) is 24.3 Å². The summed E-state index contributed by atoms with van der Waals surface area (Å²) < 4.78 is 12.8. The second-order valence-electron chi connectivity index (χ2n) is 4.97. The van der Waals surface area contributed by atoms with Gasteiger partial charge in [0.2, 0.25) is 0 Å². The number of amides is 5. The zero-order valence-corrected chi connectivity index (χ0v) is 12.5. The number of hydrazine groups is 1. The van der Waals surface area contributed by atoms with Crippen molar-refractivity contribution < 1.29 is 23.6 Å². The third-order valence-corrected chi connectivity index (χ3v) is 3.40. The van der Waals surface area contributed by atoms with E-state index in [-0.39, 0.29) is 5.56 Å². The van der Waals surface area contributed by atoms with Crippen LogP contribution >= 0.6 is 0 Å². The summed E-state index contributed by atoms with van der Waals surface area (Å²) in [5.74, 6) is -2.35. The van der Waals surface area contributed by atoms with Gasteiger partial charge in [0.1, 0.15) is 11.9 Å². The molecule has 1 aliphatic heterocycles. The van der Waals surface area contributed by atoms with E-state index in [2.05, 4.69) is 10.7 Å². The molecule has 2 N–H and O–H groups in total. The molecule has 8 nitrogen and oxygen atoms in total. The molecule has 1 saturated heterocycles. The molecule has 1 aromatic carbocycles. The SMILES string of the molecule is CC1C(=O)N(NC(=O)CNC(=O)c2ccc(F)cc2)C(=O)N1C. The zero-order chi connectivity index (χ0) is 17.1. The van der Waals surface area contributed by atoms with Gasteiger partial charge in [0.25, 0.3) is 17.7 Å². The van der Waals surface area contributed by atoms with Crippen LogP contribution in [0.4, 0.5) is 9.18 Å². The van der Waals surface area contributed by atoms with Crippen molar-refractivity contribution in [2.24, 2.45) is 0 Å². The molecule has 2 rings (SSSR count). The van der Waals surface area contributed by atoms with Gasteiger partial charge in [-0.05, 0) is 31.2 Å². The standard InChI is InChI=1S/C14H15FN4O4/c1-8-13(22)19(14(23)18(8)2)17-11(20)7-16-12(21)9-3-5-10(15)6-4-9/h3-6,8H,7H2,1-2H3,(H,16,21)(H,17,20). The third-order valence-electron chi connectivity index (χ3n) is 3.40. The third kappa shape index (κ3) is 3.44. The van der Waals surface area contributed by atoms with E-state index in [4.69, 9.17) is 0 Å². The number of hydrogen-bond acceptors (Lipinski definition) is 4. The summed E-state index contributed by atoms with van der Waals surface area (Å²) in [7, 11) is 1.44. The Labute approximate surface area is 131 Å². The minimum Gasteiger partial charge on any atom is -0.343 e. The summed E-state index contributed by atoms with van der Waals surface area (Å²) in [6.45, 7) is 1.09. The summed E-state index contributed by atoms with van der Waals surface area (Å²) in [4.78, 5) is 48.2. The first-order valence-electron chi connectivity index (χ1n) is 6.75. The maximum atomic E-state index is 12.8. The molecule has 1 heterocycles. The van der Waals surface area contributed by atoms with Crippen molar-refractivity contribution in [2.75, 3.05) is 13.6 Å². The summed E-state index contributed by atoms with van der Waals surface area (Å²) >= 11 is 0. The Morgan fingerprint density at radius 2 is 1.83 bits per heavy atom. The van der Waals surface area contributed by atoms with Gasteiger partial charge in [0, 0.05) is 12.6 Å². The Morgan fingerprint density at radius 1 is 1.22 bits per heavy atom. The number of carbonyl (C=O) groups excluding carboxylic acids is 4.